The van der Waals surface area contributed by atoms with Crippen LogP contribution in [-0.2, 0) is 0 Å². The first-order chi connectivity index (χ1) is 13.5. The largest absolute Gasteiger partial charge is 0.349 e. The van der Waals surface area contributed by atoms with Gasteiger partial charge in [-0.3, -0.25) is 4.79 Å². The molecular weight excluding hydrogens is 352 g/mol. The van der Waals surface area contributed by atoms with Gasteiger partial charge < -0.3 is 15.6 Å². The van der Waals surface area contributed by atoms with Crippen molar-refractivity contribution in [3.05, 3.63) is 23.0 Å². The molecule has 6 nitrogen and oxygen atoms in total. The molecule has 6 heteroatoms. The molecule has 2 aromatic heterocycles. The maximum absolute atomic E-state index is 13.5. The molecule has 2 heterocycles. The molecular formula is C22H30N4O2. The molecule has 2 bridgehead atoms. The number of carbonyl (C=O) groups is 1. The Morgan fingerprint density at radius 2 is 1.93 bits per heavy atom. The van der Waals surface area contributed by atoms with Gasteiger partial charge in [0.1, 0.15) is 0 Å². The molecule has 0 aliphatic heterocycles. The Morgan fingerprint density at radius 1 is 1.21 bits per heavy atom. The van der Waals surface area contributed by atoms with Crippen molar-refractivity contribution in [3.8, 4) is 0 Å². The van der Waals surface area contributed by atoms with Crippen LogP contribution in [0, 0.1) is 11.8 Å². The SMILES string of the molecule is CC(C)c1noc2nc(C3CC3)cc(C(=O)NC3C4CCCC3CC(N)C4)c12. The van der Waals surface area contributed by atoms with E-state index in [1.807, 2.05) is 6.07 Å². The molecule has 3 fully saturated rings. The Hall–Kier alpha value is -1.95. The summed E-state index contributed by atoms with van der Waals surface area (Å²) >= 11 is 0. The number of rotatable bonds is 4. The van der Waals surface area contributed by atoms with E-state index < -0.39 is 0 Å². The third kappa shape index (κ3) is 3.11. The molecule has 3 aliphatic rings. The van der Waals surface area contributed by atoms with Crippen LogP contribution in [0.2, 0.25) is 0 Å². The minimum atomic E-state index is -0.00299. The number of amides is 1. The molecule has 0 aromatic carbocycles. The van der Waals surface area contributed by atoms with Crippen LogP contribution in [0.5, 0.6) is 0 Å². The average Bonchev–Trinajstić information content (AvgIpc) is 3.40. The van der Waals surface area contributed by atoms with Crippen LogP contribution in [0.3, 0.4) is 0 Å². The summed E-state index contributed by atoms with van der Waals surface area (Å²) in [5, 5.41) is 8.43. The topological polar surface area (TPSA) is 94.0 Å². The Labute approximate surface area is 165 Å². The zero-order chi connectivity index (χ0) is 19.4. The molecule has 28 heavy (non-hydrogen) atoms. The molecule has 3 aliphatic carbocycles. The molecule has 150 valence electrons. The van der Waals surface area contributed by atoms with E-state index in [2.05, 4.69) is 29.3 Å². The van der Waals surface area contributed by atoms with Gasteiger partial charge in [-0.1, -0.05) is 25.4 Å². The van der Waals surface area contributed by atoms with E-state index in [4.69, 9.17) is 10.3 Å². The maximum atomic E-state index is 13.5. The number of hydrogen-bond donors (Lipinski definition) is 2. The van der Waals surface area contributed by atoms with Crippen molar-refractivity contribution in [1.29, 1.82) is 0 Å². The fraction of sp³-hybridized carbons (Fsp3) is 0.682. The number of pyridine rings is 1. The van der Waals surface area contributed by atoms with Crippen LogP contribution < -0.4 is 11.1 Å². The van der Waals surface area contributed by atoms with Crippen molar-refractivity contribution in [2.45, 2.75) is 82.7 Å². The van der Waals surface area contributed by atoms with Gasteiger partial charge in [0, 0.05) is 23.7 Å². The van der Waals surface area contributed by atoms with Gasteiger partial charge in [-0.2, -0.15) is 0 Å². The van der Waals surface area contributed by atoms with Crippen LogP contribution in [-0.4, -0.2) is 28.1 Å². The van der Waals surface area contributed by atoms with Crippen LogP contribution in [0.15, 0.2) is 10.6 Å². The molecule has 5 rings (SSSR count). The van der Waals surface area contributed by atoms with Gasteiger partial charge in [-0.15, -0.1) is 0 Å². The number of nitrogens with two attached hydrogens (primary N) is 1. The van der Waals surface area contributed by atoms with Gasteiger partial charge in [-0.25, -0.2) is 4.98 Å². The number of hydrogen-bond acceptors (Lipinski definition) is 5. The zero-order valence-electron chi connectivity index (χ0n) is 16.8. The molecule has 1 amide bonds. The molecule has 0 radical (unpaired) electrons. The summed E-state index contributed by atoms with van der Waals surface area (Å²) in [5.74, 6) is 1.62. The van der Waals surface area contributed by atoms with Crippen molar-refractivity contribution < 1.29 is 9.32 Å². The second-order valence-corrected chi connectivity index (χ2v) is 9.45. The first-order valence-corrected chi connectivity index (χ1v) is 10.9. The monoisotopic (exact) mass is 382 g/mol. The van der Waals surface area contributed by atoms with Gasteiger partial charge in [0.2, 0.25) is 0 Å². The van der Waals surface area contributed by atoms with Gasteiger partial charge >= 0.3 is 0 Å². The van der Waals surface area contributed by atoms with Crippen LogP contribution in [0.4, 0.5) is 0 Å². The minimum Gasteiger partial charge on any atom is -0.349 e. The maximum Gasteiger partial charge on any atom is 0.259 e. The standard InChI is InChI=1S/C22H30N4O2/c1-11(2)19-18-16(10-17(12-6-7-12)24-22(18)28-26-19)21(27)25-20-13-4-3-5-14(20)9-15(23)8-13/h10-15,20H,3-9,23H2,1-2H3,(H,25,27). The van der Waals surface area contributed by atoms with Crippen molar-refractivity contribution in [2.24, 2.45) is 17.6 Å². The predicted octanol–water partition coefficient (Wildman–Crippen LogP) is 3.86. The number of nitrogens with one attached hydrogen (secondary N) is 1. The molecule has 0 saturated heterocycles. The van der Waals surface area contributed by atoms with Crippen molar-refractivity contribution in [3.63, 3.8) is 0 Å². The third-order valence-corrected chi connectivity index (χ3v) is 6.95. The summed E-state index contributed by atoms with van der Waals surface area (Å²) in [7, 11) is 0. The summed E-state index contributed by atoms with van der Waals surface area (Å²) < 4.78 is 5.54. The van der Waals surface area contributed by atoms with Crippen LogP contribution >= 0.6 is 0 Å². The van der Waals surface area contributed by atoms with E-state index in [0.717, 1.165) is 42.5 Å². The van der Waals surface area contributed by atoms with E-state index in [0.29, 0.717) is 29.0 Å². The Morgan fingerprint density at radius 3 is 2.57 bits per heavy atom. The Kier molecular flexibility index (Phi) is 4.42. The highest BCUT2D eigenvalue weighted by molar-refractivity contribution is 6.06. The molecule has 3 N–H and O–H groups in total. The highest BCUT2D eigenvalue weighted by Gasteiger charge is 2.40. The first kappa shape index (κ1) is 18.1. The van der Waals surface area contributed by atoms with Crippen LogP contribution in [0.1, 0.15) is 92.4 Å². The van der Waals surface area contributed by atoms with E-state index in [-0.39, 0.29) is 23.9 Å². The molecule has 3 saturated carbocycles. The number of aromatic nitrogens is 2. The normalized spacial score (nSPS) is 30.0. The average molecular weight is 383 g/mol. The number of nitrogens with zero attached hydrogens (tertiary/aromatic N) is 2. The molecule has 2 atom stereocenters. The lowest BCUT2D eigenvalue weighted by Gasteiger charge is -2.45. The number of fused-ring (bicyclic) bond motifs is 3. The van der Waals surface area contributed by atoms with Gasteiger partial charge in [-0.05, 0) is 62.3 Å². The van der Waals surface area contributed by atoms with Crippen LogP contribution in [0.25, 0.3) is 11.1 Å². The van der Waals surface area contributed by atoms with Gasteiger partial charge in [0.15, 0.2) is 0 Å². The lowest BCUT2D eigenvalue weighted by molar-refractivity contribution is 0.0757. The molecule has 2 unspecified atom stereocenters. The first-order valence-electron chi connectivity index (χ1n) is 10.9. The smallest absolute Gasteiger partial charge is 0.259 e. The van der Waals surface area contributed by atoms with E-state index in [9.17, 15) is 4.79 Å². The van der Waals surface area contributed by atoms with Gasteiger partial charge in [0.05, 0.1) is 16.6 Å². The summed E-state index contributed by atoms with van der Waals surface area (Å²) in [6.45, 7) is 4.14. The Balaban J connectivity index is 1.50. The van der Waals surface area contributed by atoms with Crippen molar-refractivity contribution in [1.82, 2.24) is 15.5 Å². The second kappa shape index (κ2) is 6.83. The fourth-order valence-corrected chi connectivity index (χ4v) is 5.41. The van der Waals surface area contributed by atoms with E-state index in [1.54, 1.807) is 0 Å². The highest BCUT2D eigenvalue weighted by Crippen LogP contribution is 2.42. The second-order valence-electron chi connectivity index (χ2n) is 9.45. The zero-order valence-corrected chi connectivity index (χ0v) is 16.8. The predicted molar refractivity (Wildman–Crippen MR) is 107 cm³/mol. The Bertz CT molecular complexity index is 887. The third-order valence-electron chi connectivity index (χ3n) is 6.95. The van der Waals surface area contributed by atoms with Crippen molar-refractivity contribution in [2.75, 3.05) is 0 Å². The number of carbonyl (C=O) groups excluding carboxylic acids is 1. The van der Waals surface area contributed by atoms with E-state index in [1.165, 1.54) is 19.3 Å². The quantitative estimate of drug-likeness (QED) is 0.837. The summed E-state index contributed by atoms with van der Waals surface area (Å²) in [5.41, 5.74) is 9.24. The lowest BCUT2D eigenvalue weighted by Crippen LogP contribution is -2.53. The molecule has 0 spiro atoms. The van der Waals surface area contributed by atoms with Gasteiger partial charge in [0.25, 0.3) is 11.6 Å². The molecule has 2 aromatic rings. The summed E-state index contributed by atoms with van der Waals surface area (Å²) in [6, 6.07) is 2.50. The lowest BCUT2D eigenvalue weighted by atomic mass is 9.67. The summed E-state index contributed by atoms with van der Waals surface area (Å²) in [4.78, 5) is 18.1. The highest BCUT2D eigenvalue weighted by atomic mass is 16.5. The summed E-state index contributed by atoms with van der Waals surface area (Å²) in [6.07, 6.45) is 7.89. The fourth-order valence-electron chi connectivity index (χ4n) is 5.41. The van der Waals surface area contributed by atoms with E-state index >= 15 is 0 Å². The van der Waals surface area contributed by atoms with Crippen molar-refractivity contribution >= 4 is 17.0 Å². The minimum absolute atomic E-state index is 0.00299.